The molecule has 0 unspecified atom stereocenters. The summed E-state index contributed by atoms with van der Waals surface area (Å²) in [7, 11) is 0. The molecule has 0 aliphatic carbocycles. The van der Waals surface area contributed by atoms with Crippen LogP contribution in [0.1, 0.15) is 17.4 Å². The van der Waals surface area contributed by atoms with E-state index in [2.05, 4.69) is 17.2 Å². The van der Waals surface area contributed by atoms with Gasteiger partial charge in [0, 0.05) is 31.9 Å². The SMILES string of the molecule is C[C@@H]1CN(C(=O)c2ccccn2)CCN1. The summed E-state index contributed by atoms with van der Waals surface area (Å²) < 4.78 is 0. The second-order valence-electron chi connectivity index (χ2n) is 3.82. The van der Waals surface area contributed by atoms with E-state index in [1.807, 2.05) is 17.0 Å². The van der Waals surface area contributed by atoms with Gasteiger partial charge >= 0.3 is 0 Å². The lowest BCUT2D eigenvalue weighted by Gasteiger charge is -2.31. The molecule has 0 spiro atoms. The lowest BCUT2D eigenvalue weighted by molar-refractivity contribution is 0.0703. The van der Waals surface area contributed by atoms with Crippen LogP contribution >= 0.6 is 0 Å². The number of piperazine rings is 1. The van der Waals surface area contributed by atoms with E-state index in [0.717, 1.165) is 19.6 Å². The van der Waals surface area contributed by atoms with Crippen LogP contribution in [-0.4, -0.2) is 41.5 Å². The topological polar surface area (TPSA) is 45.2 Å². The molecule has 1 saturated heterocycles. The minimum absolute atomic E-state index is 0.0314. The highest BCUT2D eigenvalue weighted by Gasteiger charge is 2.21. The number of nitrogens with zero attached hydrogens (tertiary/aromatic N) is 2. The van der Waals surface area contributed by atoms with Crippen LogP contribution in [0.3, 0.4) is 0 Å². The Bertz CT molecular complexity index is 339. The molecule has 2 heterocycles. The lowest BCUT2D eigenvalue weighted by Crippen LogP contribution is -2.51. The Morgan fingerprint density at radius 1 is 1.60 bits per heavy atom. The van der Waals surface area contributed by atoms with Crippen molar-refractivity contribution < 1.29 is 4.79 Å². The summed E-state index contributed by atoms with van der Waals surface area (Å²) in [5, 5.41) is 3.30. The van der Waals surface area contributed by atoms with E-state index < -0.39 is 0 Å². The molecule has 1 aliphatic rings. The zero-order valence-electron chi connectivity index (χ0n) is 8.81. The summed E-state index contributed by atoms with van der Waals surface area (Å²) in [6.45, 7) is 4.47. The lowest BCUT2D eigenvalue weighted by atomic mass is 10.2. The molecular weight excluding hydrogens is 190 g/mol. The molecule has 1 fully saturated rings. The third-order valence-corrected chi connectivity index (χ3v) is 2.54. The highest BCUT2D eigenvalue weighted by atomic mass is 16.2. The van der Waals surface area contributed by atoms with E-state index in [0.29, 0.717) is 11.7 Å². The average molecular weight is 205 g/mol. The average Bonchev–Trinajstić information content (AvgIpc) is 2.29. The fraction of sp³-hybridized carbons (Fsp3) is 0.455. The van der Waals surface area contributed by atoms with Crippen LogP contribution in [0.2, 0.25) is 0 Å². The molecule has 1 aliphatic heterocycles. The van der Waals surface area contributed by atoms with Gasteiger partial charge in [-0.15, -0.1) is 0 Å². The van der Waals surface area contributed by atoms with Gasteiger partial charge in [0.1, 0.15) is 5.69 Å². The van der Waals surface area contributed by atoms with E-state index in [9.17, 15) is 4.79 Å². The van der Waals surface area contributed by atoms with Gasteiger partial charge in [0.05, 0.1) is 0 Å². The maximum atomic E-state index is 12.0. The van der Waals surface area contributed by atoms with Crippen LogP contribution in [0.5, 0.6) is 0 Å². The van der Waals surface area contributed by atoms with Crippen LogP contribution in [0.25, 0.3) is 0 Å². The summed E-state index contributed by atoms with van der Waals surface area (Å²) in [5.74, 6) is 0.0314. The second-order valence-corrected chi connectivity index (χ2v) is 3.82. The fourth-order valence-electron chi connectivity index (χ4n) is 1.77. The Kier molecular flexibility index (Phi) is 2.97. The van der Waals surface area contributed by atoms with Crippen LogP contribution in [-0.2, 0) is 0 Å². The van der Waals surface area contributed by atoms with E-state index >= 15 is 0 Å². The van der Waals surface area contributed by atoms with Gasteiger partial charge in [-0.2, -0.15) is 0 Å². The van der Waals surface area contributed by atoms with Crippen LogP contribution in [0, 0.1) is 0 Å². The Morgan fingerprint density at radius 2 is 2.47 bits per heavy atom. The molecule has 2 rings (SSSR count). The van der Waals surface area contributed by atoms with Crippen LogP contribution in [0.15, 0.2) is 24.4 Å². The number of pyridine rings is 1. The van der Waals surface area contributed by atoms with E-state index in [1.54, 1.807) is 12.3 Å². The Morgan fingerprint density at radius 3 is 3.13 bits per heavy atom. The molecule has 1 atom stereocenters. The van der Waals surface area contributed by atoms with Crippen molar-refractivity contribution in [3.05, 3.63) is 30.1 Å². The van der Waals surface area contributed by atoms with Crippen molar-refractivity contribution in [3.8, 4) is 0 Å². The summed E-state index contributed by atoms with van der Waals surface area (Å²) in [4.78, 5) is 17.9. The number of hydrogen-bond donors (Lipinski definition) is 1. The van der Waals surface area contributed by atoms with Gasteiger partial charge in [-0.25, -0.2) is 0 Å². The summed E-state index contributed by atoms with van der Waals surface area (Å²) >= 11 is 0. The number of carbonyl (C=O) groups is 1. The van der Waals surface area contributed by atoms with Gasteiger partial charge in [0.15, 0.2) is 0 Å². The largest absolute Gasteiger partial charge is 0.334 e. The molecular formula is C11H15N3O. The minimum Gasteiger partial charge on any atom is -0.334 e. The van der Waals surface area contributed by atoms with Crippen LogP contribution in [0.4, 0.5) is 0 Å². The van der Waals surface area contributed by atoms with Gasteiger partial charge in [0.2, 0.25) is 0 Å². The summed E-state index contributed by atoms with van der Waals surface area (Å²) in [6, 6.07) is 5.78. The molecule has 1 aromatic rings. The predicted molar refractivity (Wildman–Crippen MR) is 57.6 cm³/mol. The first-order valence-electron chi connectivity index (χ1n) is 5.21. The molecule has 4 heteroatoms. The molecule has 0 aromatic carbocycles. The normalized spacial score (nSPS) is 21.4. The van der Waals surface area contributed by atoms with Gasteiger partial charge in [0.25, 0.3) is 5.91 Å². The smallest absolute Gasteiger partial charge is 0.272 e. The van der Waals surface area contributed by atoms with Crippen molar-refractivity contribution >= 4 is 5.91 Å². The van der Waals surface area contributed by atoms with Gasteiger partial charge in [-0.3, -0.25) is 9.78 Å². The number of hydrogen-bond acceptors (Lipinski definition) is 3. The van der Waals surface area contributed by atoms with Crippen molar-refractivity contribution in [2.45, 2.75) is 13.0 Å². The molecule has 15 heavy (non-hydrogen) atoms. The molecule has 4 nitrogen and oxygen atoms in total. The van der Waals surface area contributed by atoms with Crippen LogP contribution < -0.4 is 5.32 Å². The second kappa shape index (κ2) is 4.40. The number of carbonyl (C=O) groups excluding carboxylic acids is 1. The zero-order valence-corrected chi connectivity index (χ0v) is 8.81. The van der Waals surface area contributed by atoms with Gasteiger partial charge in [-0.1, -0.05) is 6.07 Å². The van der Waals surface area contributed by atoms with Crippen molar-refractivity contribution in [1.29, 1.82) is 0 Å². The number of rotatable bonds is 1. The summed E-state index contributed by atoms with van der Waals surface area (Å²) in [6.07, 6.45) is 1.65. The maximum Gasteiger partial charge on any atom is 0.272 e. The number of aromatic nitrogens is 1. The number of amides is 1. The fourth-order valence-corrected chi connectivity index (χ4v) is 1.77. The third kappa shape index (κ3) is 2.33. The van der Waals surface area contributed by atoms with Crippen molar-refractivity contribution in [2.24, 2.45) is 0 Å². The molecule has 1 aromatic heterocycles. The third-order valence-electron chi connectivity index (χ3n) is 2.54. The van der Waals surface area contributed by atoms with Crippen molar-refractivity contribution in [3.63, 3.8) is 0 Å². The predicted octanol–water partition coefficient (Wildman–Crippen LogP) is 0.515. The van der Waals surface area contributed by atoms with E-state index in [1.165, 1.54) is 0 Å². The Balaban J connectivity index is 2.08. The zero-order chi connectivity index (χ0) is 10.7. The molecule has 80 valence electrons. The highest BCUT2D eigenvalue weighted by molar-refractivity contribution is 5.92. The quantitative estimate of drug-likeness (QED) is 0.727. The van der Waals surface area contributed by atoms with Gasteiger partial charge in [-0.05, 0) is 19.1 Å². The van der Waals surface area contributed by atoms with Gasteiger partial charge < -0.3 is 10.2 Å². The molecule has 1 N–H and O–H groups in total. The monoisotopic (exact) mass is 205 g/mol. The first-order chi connectivity index (χ1) is 7.27. The Labute approximate surface area is 89.3 Å². The minimum atomic E-state index is 0.0314. The first-order valence-corrected chi connectivity index (χ1v) is 5.21. The maximum absolute atomic E-state index is 12.0. The standard InChI is InChI=1S/C11H15N3O/c1-9-8-14(7-6-12-9)11(15)10-4-2-3-5-13-10/h2-5,9,12H,6-8H2,1H3/t9-/m1/s1. The Hall–Kier alpha value is -1.42. The van der Waals surface area contributed by atoms with E-state index in [4.69, 9.17) is 0 Å². The summed E-state index contributed by atoms with van der Waals surface area (Å²) in [5.41, 5.74) is 0.534. The number of nitrogens with one attached hydrogen (secondary N) is 1. The molecule has 0 saturated carbocycles. The molecule has 0 bridgehead atoms. The highest BCUT2D eigenvalue weighted by Crippen LogP contribution is 2.05. The first kappa shape index (κ1) is 10.1. The van der Waals surface area contributed by atoms with Crippen molar-refractivity contribution in [1.82, 2.24) is 15.2 Å². The molecule has 0 radical (unpaired) electrons. The van der Waals surface area contributed by atoms with E-state index in [-0.39, 0.29) is 5.91 Å². The molecule has 1 amide bonds. The van der Waals surface area contributed by atoms with Crippen molar-refractivity contribution in [2.75, 3.05) is 19.6 Å².